The fourth-order valence-electron chi connectivity index (χ4n) is 1.91. The molecule has 0 aromatic heterocycles. The molecule has 1 nitrogen and oxygen atoms in total. The van der Waals surface area contributed by atoms with Crippen LogP contribution in [-0.4, -0.2) is 6.61 Å². The van der Waals surface area contributed by atoms with Crippen LogP contribution < -0.4 is 0 Å². The van der Waals surface area contributed by atoms with E-state index in [1.807, 2.05) is 24.3 Å². The van der Waals surface area contributed by atoms with Crippen molar-refractivity contribution in [2.45, 2.75) is 26.4 Å². The van der Waals surface area contributed by atoms with Crippen LogP contribution in [0.25, 0.3) is 11.1 Å². The number of unbranched alkanes of at least 4 members (excludes halogenated alkanes) is 1. The predicted molar refractivity (Wildman–Crippen MR) is 81.5 cm³/mol. The molecule has 2 aromatic rings. The maximum atomic E-state index is 6.19. The fraction of sp³-hybridized carbons (Fsp3) is 0.294. The smallest absolute Gasteiger partial charge is 0.0716 e. The van der Waals surface area contributed by atoms with E-state index in [0.29, 0.717) is 6.61 Å². The standard InChI is InChI=1S/C17H19ClO/c1-2-3-12-19-13-14-8-10-15(11-9-14)16-6-4-5-7-17(16)18/h4-11H,2-3,12-13H2,1H3. The van der Waals surface area contributed by atoms with Gasteiger partial charge in [-0.3, -0.25) is 0 Å². The molecule has 0 N–H and O–H groups in total. The van der Waals surface area contributed by atoms with Crippen molar-refractivity contribution in [3.63, 3.8) is 0 Å². The molecule has 0 atom stereocenters. The van der Waals surface area contributed by atoms with Gasteiger partial charge < -0.3 is 4.74 Å². The molecule has 0 aliphatic carbocycles. The van der Waals surface area contributed by atoms with Crippen molar-refractivity contribution in [3.8, 4) is 11.1 Å². The van der Waals surface area contributed by atoms with Crippen LogP contribution >= 0.6 is 11.6 Å². The molecule has 0 amide bonds. The summed E-state index contributed by atoms with van der Waals surface area (Å²) in [4.78, 5) is 0. The molecule has 100 valence electrons. The van der Waals surface area contributed by atoms with E-state index in [-0.39, 0.29) is 0 Å². The van der Waals surface area contributed by atoms with Gasteiger partial charge in [-0.05, 0) is 23.6 Å². The normalized spacial score (nSPS) is 10.6. The third kappa shape index (κ3) is 4.09. The predicted octanol–water partition coefficient (Wildman–Crippen LogP) is 5.32. The van der Waals surface area contributed by atoms with E-state index in [4.69, 9.17) is 16.3 Å². The lowest BCUT2D eigenvalue weighted by molar-refractivity contribution is 0.118. The van der Waals surface area contributed by atoms with Gasteiger partial charge in [0.1, 0.15) is 0 Å². The molecule has 0 fully saturated rings. The Kier molecular flexibility index (Phi) is 5.44. The minimum atomic E-state index is 0.683. The van der Waals surface area contributed by atoms with Crippen LogP contribution in [0.15, 0.2) is 48.5 Å². The number of rotatable bonds is 6. The molecule has 2 aromatic carbocycles. The third-order valence-electron chi connectivity index (χ3n) is 3.05. The Labute approximate surface area is 120 Å². The van der Waals surface area contributed by atoms with Gasteiger partial charge in [0.2, 0.25) is 0 Å². The molecule has 2 heteroatoms. The zero-order chi connectivity index (χ0) is 13.5. The van der Waals surface area contributed by atoms with Crippen LogP contribution in [0.2, 0.25) is 5.02 Å². The van der Waals surface area contributed by atoms with Crippen molar-refractivity contribution in [1.82, 2.24) is 0 Å². The van der Waals surface area contributed by atoms with Gasteiger partial charge in [-0.1, -0.05) is 67.4 Å². The van der Waals surface area contributed by atoms with Crippen molar-refractivity contribution in [1.29, 1.82) is 0 Å². The highest BCUT2D eigenvalue weighted by atomic mass is 35.5. The lowest BCUT2D eigenvalue weighted by Gasteiger charge is -2.07. The summed E-state index contributed by atoms with van der Waals surface area (Å²) < 4.78 is 5.60. The van der Waals surface area contributed by atoms with Gasteiger partial charge in [0.25, 0.3) is 0 Å². The SMILES string of the molecule is CCCCOCc1ccc(-c2ccccc2Cl)cc1. The van der Waals surface area contributed by atoms with Gasteiger partial charge in [-0.2, -0.15) is 0 Å². The second-order valence-corrected chi connectivity index (χ2v) is 4.99. The molecule has 0 bridgehead atoms. The van der Waals surface area contributed by atoms with Crippen molar-refractivity contribution in [2.24, 2.45) is 0 Å². The van der Waals surface area contributed by atoms with Crippen molar-refractivity contribution in [2.75, 3.05) is 6.61 Å². The first-order valence-electron chi connectivity index (χ1n) is 6.73. The van der Waals surface area contributed by atoms with Gasteiger partial charge in [-0.15, -0.1) is 0 Å². The molecule has 0 saturated heterocycles. The highest BCUT2D eigenvalue weighted by Gasteiger charge is 2.02. The van der Waals surface area contributed by atoms with Crippen LogP contribution in [0.5, 0.6) is 0 Å². The average molecular weight is 275 g/mol. The van der Waals surface area contributed by atoms with Gasteiger partial charge >= 0.3 is 0 Å². The highest BCUT2D eigenvalue weighted by Crippen LogP contribution is 2.27. The summed E-state index contributed by atoms with van der Waals surface area (Å²) in [6.45, 7) is 3.69. The quantitative estimate of drug-likeness (QED) is 0.648. The Hall–Kier alpha value is -1.31. The van der Waals surface area contributed by atoms with E-state index < -0.39 is 0 Å². The Morgan fingerprint density at radius 3 is 2.42 bits per heavy atom. The molecule has 0 unspecified atom stereocenters. The van der Waals surface area contributed by atoms with E-state index in [2.05, 4.69) is 31.2 Å². The van der Waals surface area contributed by atoms with E-state index in [1.54, 1.807) is 0 Å². The van der Waals surface area contributed by atoms with Gasteiger partial charge in [0, 0.05) is 17.2 Å². The van der Waals surface area contributed by atoms with E-state index in [1.165, 1.54) is 12.0 Å². The van der Waals surface area contributed by atoms with Gasteiger partial charge in [0.05, 0.1) is 6.61 Å². The summed E-state index contributed by atoms with van der Waals surface area (Å²) in [5.74, 6) is 0. The Balaban J connectivity index is 2.01. The van der Waals surface area contributed by atoms with Crippen LogP contribution in [-0.2, 0) is 11.3 Å². The van der Waals surface area contributed by atoms with Crippen LogP contribution in [0.4, 0.5) is 0 Å². The van der Waals surface area contributed by atoms with Gasteiger partial charge in [-0.25, -0.2) is 0 Å². The zero-order valence-corrected chi connectivity index (χ0v) is 12.0. The van der Waals surface area contributed by atoms with E-state index in [9.17, 15) is 0 Å². The number of halogens is 1. The highest BCUT2D eigenvalue weighted by molar-refractivity contribution is 6.33. The van der Waals surface area contributed by atoms with Crippen molar-refractivity contribution in [3.05, 3.63) is 59.1 Å². The molecule has 2 rings (SSSR count). The minimum absolute atomic E-state index is 0.683. The third-order valence-corrected chi connectivity index (χ3v) is 3.38. The first-order valence-corrected chi connectivity index (χ1v) is 7.10. The summed E-state index contributed by atoms with van der Waals surface area (Å²) in [5, 5.41) is 0.787. The molecule has 0 spiro atoms. The summed E-state index contributed by atoms with van der Waals surface area (Å²) in [7, 11) is 0. The number of benzene rings is 2. The second kappa shape index (κ2) is 7.32. The molecular weight excluding hydrogens is 256 g/mol. The molecular formula is C17H19ClO. The molecule has 0 radical (unpaired) electrons. The molecule has 0 aliphatic heterocycles. The van der Waals surface area contributed by atoms with Crippen LogP contribution in [0.1, 0.15) is 25.3 Å². The van der Waals surface area contributed by atoms with Crippen molar-refractivity contribution < 1.29 is 4.74 Å². The average Bonchev–Trinajstić information content (AvgIpc) is 2.45. The zero-order valence-electron chi connectivity index (χ0n) is 11.2. The number of hydrogen-bond donors (Lipinski definition) is 0. The topological polar surface area (TPSA) is 9.23 Å². The number of ether oxygens (including phenoxy) is 1. The Morgan fingerprint density at radius 1 is 1.00 bits per heavy atom. The summed E-state index contributed by atoms with van der Waals surface area (Å²) >= 11 is 6.19. The second-order valence-electron chi connectivity index (χ2n) is 4.58. The Morgan fingerprint density at radius 2 is 1.74 bits per heavy atom. The van der Waals surface area contributed by atoms with E-state index in [0.717, 1.165) is 29.2 Å². The fourth-order valence-corrected chi connectivity index (χ4v) is 2.16. The van der Waals surface area contributed by atoms with Gasteiger partial charge in [0.15, 0.2) is 0 Å². The maximum absolute atomic E-state index is 6.19. The minimum Gasteiger partial charge on any atom is -0.377 e. The summed E-state index contributed by atoms with van der Waals surface area (Å²) in [6.07, 6.45) is 2.29. The molecule has 0 saturated carbocycles. The first-order chi connectivity index (χ1) is 9.31. The summed E-state index contributed by atoms with van der Waals surface area (Å²) in [6, 6.07) is 16.3. The monoisotopic (exact) mass is 274 g/mol. The number of hydrogen-bond acceptors (Lipinski definition) is 1. The largest absolute Gasteiger partial charge is 0.377 e. The van der Waals surface area contributed by atoms with Crippen LogP contribution in [0, 0.1) is 0 Å². The van der Waals surface area contributed by atoms with Crippen LogP contribution in [0.3, 0.4) is 0 Å². The molecule has 0 aliphatic rings. The summed E-state index contributed by atoms with van der Waals surface area (Å²) in [5.41, 5.74) is 3.41. The first kappa shape index (κ1) is 14.1. The molecule has 19 heavy (non-hydrogen) atoms. The Bertz CT molecular complexity index is 505. The lowest BCUT2D eigenvalue weighted by Crippen LogP contribution is -1.94. The molecule has 0 heterocycles. The van der Waals surface area contributed by atoms with Crippen molar-refractivity contribution >= 4 is 11.6 Å². The van der Waals surface area contributed by atoms with E-state index >= 15 is 0 Å². The maximum Gasteiger partial charge on any atom is 0.0716 e. The lowest BCUT2D eigenvalue weighted by atomic mass is 10.0.